The number of rotatable bonds is 4. The van der Waals surface area contributed by atoms with Crippen molar-refractivity contribution in [3.63, 3.8) is 0 Å². The van der Waals surface area contributed by atoms with Crippen molar-refractivity contribution in [2.45, 2.75) is 13.0 Å². The molecular weight excluding hydrogens is 375 g/mol. The SMILES string of the molecule is COc1cc(-c2cc(F)cc(C(=O)N3CCc4ncccc4C3)c2)nc(OC)n1. The van der Waals surface area contributed by atoms with Crippen molar-refractivity contribution in [2.75, 3.05) is 20.8 Å². The molecule has 3 heterocycles. The molecule has 0 atom stereocenters. The van der Waals surface area contributed by atoms with E-state index in [4.69, 9.17) is 9.47 Å². The van der Waals surface area contributed by atoms with Crippen LogP contribution in [0.3, 0.4) is 0 Å². The molecule has 8 heteroatoms. The van der Waals surface area contributed by atoms with E-state index in [0.29, 0.717) is 30.8 Å². The molecule has 0 bridgehead atoms. The molecule has 1 aliphatic heterocycles. The van der Waals surface area contributed by atoms with E-state index in [9.17, 15) is 9.18 Å². The summed E-state index contributed by atoms with van der Waals surface area (Å²) in [5.41, 5.74) is 3.09. The molecule has 148 valence electrons. The summed E-state index contributed by atoms with van der Waals surface area (Å²) in [4.78, 5) is 27.4. The van der Waals surface area contributed by atoms with Crippen LogP contribution in [0.25, 0.3) is 11.3 Å². The number of fused-ring (bicyclic) bond motifs is 1. The van der Waals surface area contributed by atoms with Crippen molar-refractivity contribution in [2.24, 2.45) is 0 Å². The fourth-order valence-corrected chi connectivity index (χ4v) is 3.33. The number of ether oxygens (including phenoxy) is 2. The molecule has 0 spiro atoms. The molecule has 0 N–H and O–H groups in total. The first kappa shape index (κ1) is 18.8. The van der Waals surface area contributed by atoms with Crippen molar-refractivity contribution < 1.29 is 18.7 Å². The van der Waals surface area contributed by atoms with Gasteiger partial charge in [0.05, 0.1) is 19.9 Å². The summed E-state index contributed by atoms with van der Waals surface area (Å²) in [5.74, 6) is -0.487. The Morgan fingerprint density at radius 1 is 1.14 bits per heavy atom. The van der Waals surface area contributed by atoms with Crippen molar-refractivity contribution in [3.8, 4) is 23.1 Å². The van der Waals surface area contributed by atoms with Gasteiger partial charge in [0, 0.05) is 48.6 Å². The number of benzene rings is 1. The molecule has 2 aromatic heterocycles. The maximum absolute atomic E-state index is 14.4. The maximum Gasteiger partial charge on any atom is 0.320 e. The van der Waals surface area contributed by atoms with Crippen LogP contribution in [0, 0.1) is 5.82 Å². The fraction of sp³-hybridized carbons (Fsp3) is 0.238. The number of halogens is 1. The van der Waals surface area contributed by atoms with Gasteiger partial charge in [-0.3, -0.25) is 9.78 Å². The summed E-state index contributed by atoms with van der Waals surface area (Å²) in [5, 5.41) is 0. The molecule has 1 aromatic carbocycles. The highest BCUT2D eigenvalue weighted by molar-refractivity contribution is 5.95. The lowest BCUT2D eigenvalue weighted by molar-refractivity contribution is 0.0733. The van der Waals surface area contributed by atoms with Gasteiger partial charge in [0.15, 0.2) is 0 Å². The Kier molecular flexibility index (Phi) is 5.07. The molecule has 0 saturated carbocycles. The number of pyridine rings is 1. The first-order valence-corrected chi connectivity index (χ1v) is 9.07. The molecule has 0 aliphatic carbocycles. The van der Waals surface area contributed by atoms with Crippen LogP contribution in [0.5, 0.6) is 11.9 Å². The third-order valence-electron chi connectivity index (χ3n) is 4.77. The summed E-state index contributed by atoms with van der Waals surface area (Å²) in [6, 6.07) is 9.63. The molecule has 1 aliphatic rings. The topological polar surface area (TPSA) is 77.4 Å². The number of hydrogen-bond donors (Lipinski definition) is 0. The van der Waals surface area contributed by atoms with Crippen LogP contribution in [-0.2, 0) is 13.0 Å². The lowest BCUT2D eigenvalue weighted by Gasteiger charge is -2.28. The van der Waals surface area contributed by atoms with Gasteiger partial charge in [0.1, 0.15) is 5.82 Å². The van der Waals surface area contributed by atoms with Gasteiger partial charge in [0.25, 0.3) is 5.91 Å². The second kappa shape index (κ2) is 7.83. The highest BCUT2D eigenvalue weighted by Gasteiger charge is 2.23. The largest absolute Gasteiger partial charge is 0.481 e. The highest BCUT2D eigenvalue weighted by atomic mass is 19.1. The standard InChI is InChI=1S/C21H19FN4O3/c1-28-19-11-18(24-21(25-19)29-2)14-8-15(10-16(22)9-14)20(27)26-7-5-17-13(12-26)4-3-6-23-17/h3-4,6,8-11H,5,7,12H2,1-2H3. The smallest absolute Gasteiger partial charge is 0.320 e. The minimum absolute atomic E-state index is 0.0941. The first-order chi connectivity index (χ1) is 14.1. The van der Waals surface area contributed by atoms with E-state index < -0.39 is 5.82 Å². The molecule has 0 unspecified atom stereocenters. The van der Waals surface area contributed by atoms with E-state index >= 15 is 0 Å². The normalized spacial score (nSPS) is 13.0. The van der Waals surface area contributed by atoms with Crippen molar-refractivity contribution >= 4 is 5.91 Å². The minimum Gasteiger partial charge on any atom is -0.481 e. The third kappa shape index (κ3) is 3.87. The Balaban J connectivity index is 1.66. The van der Waals surface area contributed by atoms with Gasteiger partial charge < -0.3 is 14.4 Å². The van der Waals surface area contributed by atoms with Gasteiger partial charge >= 0.3 is 6.01 Å². The number of methoxy groups -OCH3 is 2. The quantitative estimate of drug-likeness (QED) is 0.677. The van der Waals surface area contributed by atoms with Crippen LogP contribution in [0.4, 0.5) is 4.39 Å². The predicted molar refractivity (Wildman–Crippen MR) is 103 cm³/mol. The zero-order valence-corrected chi connectivity index (χ0v) is 16.1. The van der Waals surface area contributed by atoms with Crippen LogP contribution in [0.2, 0.25) is 0 Å². The zero-order chi connectivity index (χ0) is 20.4. The number of aromatic nitrogens is 3. The first-order valence-electron chi connectivity index (χ1n) is 9.07. The van der Waals surface area contributed by atoms with Crippen LogP contribution < -0.4 is 9.47 Å². The van der Waals surface area contributed by atoms with Crippen LogP contribution in [0.1, 0.15) is 21.6 Å². The predicted octanol–water partition coefficient (Wildman–Crippen LogP) is 2.89. The molecule has 3 aromatic rings. The van der Waals surface area contributed by atoms with E-state index in [-0.39, 0.29) is 23.4 Å². The minimum atomic E-state index is -0.526. The maximum atomic E-state index is 14.4. The van der Waals surface area contributed by atoms with E-state index in [2.05, 4.69) is 15.0 Å². The Labute approximate surface area is 167 Å². The van der Waals surface area contributed by atoms with Gasteiger partial charge in [-0.15, -0.1) is 0 Å². The second-order valence-electron chi connectivity index (χ2n) is 6.60. The molecule has 0 saturated heterocycles. The third-order valence-corrected chi connectivity index (χ3v) is 4.77. The summed E-state index contributed by atoms with van der Waals surface area (Å²) in [6.07, 6.45) is 2.42. The number of amides is 1. The lowest BCUT2D eigenvalue weighted by atomic mass is 10.0. The number of carbonyl (C=O) groups excluding carboxylic acids is 1. The van der Waals surface area contributed by atoms with Crippen LogP contribution in [0.15, 0.2) is 42.6 Å². The Bertz CT molecular complexity index is 1050. The Hall–Kier alpha value is -3.55. The zero-order valence-electron chi connectivity index (χ0n) is 16.1. The van der Waals surface area contributed by atoms with Gasteiger partial charge in [-0.1, -0.05) is 6.07 Å². The molecular formula is C21H19FN4O3. The van der Waals surface area contributed by atoms with Gasteiger partial charge in [0.2, 0.25) is 5.88 Å². The summed E-state index contributed by atoms with van der Waals surface area (Å²) < 4.78 is 24.6. The number of hydrogen-bond acceptors (Lipinski definition) is 6. The molecule has 4 rings (SSSR count). The van der Waals surface area contributed by atoms with E-state index in [1.54, 1.807) is 23.2 Å². The molecule has 0 radical (unpaired) electrons. The fourth-order valence-electron chi connectivity index (χ4n) is 3.33. The van der Waals surface area contributed by atoms with E-state index in [1.807, 2.05) is 12.1 Å². The van der Waals surface area contributed by atoms with Crippen molar-refractivity contribution in [1.29, 1.82) is 0 Å². The molecule has 1 amide bonds. The lowest BCUT2D eigenvalue weighted by Crippen LogP contribution is -2.36. The van der Waals surface area contributed by atoms with Gasteiger partial charge in [-0.2, -0.15) is 9.97 Å². The average Bonchev–Trinajstić information content (AvgIpc) is 2.77. The summed E-state index contributed by atoms with van der Waals surface area (Å²) in [7, 11) is 2.90. The monoisotopic (exact) mass is 394 g/mol. The number of carbonyl (C=O) groups is 1. The highest BCUT2D eigenvalue weighted by Crippen LogP contribution is 2.26. The van der Waals surface area contributed by atoms with Crippen molar-refractivity contribution in [1.82, 2.24) is 19.9 Å². The van der Waals surface area contributed by atoms with Gasteiger partial charge in [-0.05, 0) is 29.8 Å². The molecule has 0 fully saturated rings. The average molecular weight is 394 g/mol. The second-order valence-corrected chi connectivity index (χ2v) is 6.60. The molecule has 29 heavy (non-hydrogen) atoms. The Morgan fingerprint density at radius 2 is 2.00 bits per heavy atom. The van der Waals surface area contributed by atoms with E-state index in [1.165, 1.54) is 26.4 Å². The van der Waals surface area contributed by atoms with Crippen LogP contribution in [-0.4, -0.2) is 46.5 Å². The van der Waals surface area contributed by atoms with Gasteiger partial charge in [-0.25, -0.2) is 4.39 Å². The Morgan fingerprint density at radius 3 is 2.79 bits per heavy atom. The number of nitrogens with zero attached hydrogens (tertiary/aromatic N) is 4. The summed E-state index contributed by atoms with van der Waals surface area (Å²) >= 11 is 0. The summed E-state index contributed by atoms with van der Waals surface area (Å²) in [6.45, 7) is 0.979. The van der Waals surface area contributed by atoms with E-state index in [0.717, 1.165) is 11.3 Å². The van der Waals surface area contributed by atoms with Crippen molar-refractivity contribution in [3.05, 3.63) is 65.2 Å². The van der Waals surface area contributed by atoms with Crippen LogP contribution >= 0.6 is 0 Å². The molecule has 7 nitrogen and oxygen atoms in total.